The van der Waals surface area contributed by atoms with E-state index >= 15 is 0 Å². The van der Waals surface area contributed by atoms with Crippen LogP contribution in [0, 0.1) is 6.92 Å². The summed E-state index contributed by atoms with van der Waals surface area (Å²) < 4.78 is 1.13. The van der Waals surface area contributed by atoms with Crippen molar-refractivity contribution in [2.45, 2.75) is 20.0 Å². The second kappa shape index (κ2) is 9.42. The summed E-state index contributed by atoms with van der Waals surface area (Å²) >= 11 is 5.19. The van der Waals surface area contributed by atoms with Crippen molar-refractivity contribution in [3.8, 4) is 0 Å². The molecule has 2 N–H and O–H groups in total. The highest BCUT2D eigenvalue weighted by atomic mass is 127. The van der Waals surface area contributed by atoms with E-state index in [2.05, 4.69) is 74.2 Å². The first-order chi connectivity index (χ1) is 9.67. The molecule has 0 saturated carbocycles. The predicted octanol–water partition coefficient (Wildman–Crippen LogP) is 4.30. The minimum absolute atomic E-state index is 0. The van der Waals surface area contributed by atoms with Crippen LogP contribution in [-0.4, -0.2) is 13.0 Å². The maximum Gasteiger partial charge on any atom is 0.191 e. The van der Waals surface area contributed by atoms with Gasteiger partial charge in [0, 0.05) is 28.3 Å². The number of halogens is 2. The van der Waals surface area contributed by atoms with E-state index in [1.807, 2.05) is 0 Å². The molecule has 0 fully saturated rings. The molecule has 21 heavy (non-hydrogen) atoms. The van der Waals surface area contributed by atoms with Gasteiger partial charge in [-0.15, -0.1) is 35.3 Å². The van der Waals surface area contributed by atoms with Crippen LogP contribution in [0.15, 0.2) is 45.2 Å². The molecule has 6 heteroatoms. The smallest absolute Gasteiger partial charge is 0.191 e. The summed E-state index contributed by atoms with van der Waals surface area (Å²) in [6, 6.07) is 10.6. The molecule has 0 amide bonds. The molecule has 1 heterocycles. The van der Waals surface area contributed by atoms with E-state index in [1.54, 1.807) is 18.4 Å². The molecule has 1 aromatic carbocycles. The predicted molar refractivity (Wildman–Crippen MR) is 106 cm³/mol. The minimum Gasteiger partial charge on any atom is -0.352 e. The van der Waals surface area contributed by atoms with Crippen LogP contribution in [0.2, 0.25) is 0 Å². The van der Waals surface area contributed by atoms with E-state index in [4.69, 9.17) is 0 Å². The Morgan fingerprint density at radius 3 is 2.62 bits per heavy atom. The van der Waals surface area contributed by atoms with Crippen molar-refractivity contribution in [3.05, 3.63) is 56.2 Å². The molecule has 0 aliphatic carbocycles. The second-order valence-electron chi connectivity index (χ2n) is 4.50. The van der Waals surface area contributed by atoms with E-state index < -0.39 is 0 Å². The number of rotatable bonds is 4. The third-order valence-electron chi connectivity index (χ3n) is 2.82. The van der Waals surface area contributed by atoms with Gasteiger partial charge in [-0.2, -0.15) is 0 Å². The summed E-state index contributed by atoms with van der Waals surface area (Å²) in [4.78, 5) is 5.51. The molecule has 0 spiro atoms. The van der Waals surface area contributed by atoms with Crippen LogP contribution in [-0.2, 0) is 13.1 Å². The van der Waals surface area contributed by atoms with Crippen molar-refractivity contribution in [1.29, 1.82) is 0 Å². The molecule has 3 nitrogen and oxygen atoms in total. The summed E-state index contributed by atoms with van der Waals surface area (Å²) in [6.45, 7) is 3.66. The zero-order valence-corrected chi connectivity index (χ0v) is 16.8. The topological polar surface area (TPSA) is 36.4 Å². The van der Waals surface area contributed by atoms with Crippen molar-refractivity contribution >= 4 is 57.2 Å². The van der Waals surface area contributed by atoms with Gasteiger partial charge in [-0.05, 0) is 34.5 Å². The van der Waals surface area contributed by atoms with Crippen molar-refractivity contribution in [2.24, 2.45) is 4.99 Å². The molecule has 0 bridgehead atoms. The molecule has 114 valence electrons. The van der Waals surface area contributed by atoms with Crippen LogP contribution in [0.4, 0.5) is 0 Å². The van der Waals surface area contributed by atoms with E-state index in [0.717, 1.165) is 23.5 Å². The lowest BCUT2D eigenvalue weighted by molar-refractivity contribution is 0.815. The number of nitrogens with one attached hydrogen (secondary N) is 2. The fourth-order valence-corrected chi connectivity index (χ4v) is 3.24. The Morgan fingerprint density at radius 2 is 2.00 bits per heavy atom. The third kappa shape index (κ3) is 6.36. The number of guanidine groups is 1. The Hall–Kier alpha value is -0.600. The SMILES string of the molecule is CN=C(NCc1cccc(C)c1)NCc1cc(Br)cs1.I. The molecular weight excluding hydrogens is 461 g/mol. The Balaban J connectivity index is 0.00000220. The van der Waals surface area contributed by atoms with Gasteiger partial charge in [-0.3, -0.25) is 4.99 Å². The van der Waals surface area contributed by atoms with E-state index in [1.165, 1.54) is 16.0 Å². The van der Waals surface area contributed by atoms with E-state index in [9.17, 15) is 0 Å². The Morgan fingerprint density at radius 1 is 1.24 bits per heavy atom. The van der Waals surface area contributed by atoms with Crippen molar-refractivity contribution in [1.82, 2.24) is 10.6 Å². The number of benzene rings is 1. The minimum atomic E-state index is 0. The summed E-state index contributed by atoms with van der Waals surface area (Å²) in [5.74, 6) is 0.816. The van der Waals surface area contributed by atoms with Crippen LogP contribution in [0.1, 0.15) is 16.0 Å². The summed E-state index contributed by atoms with van der Waals surface area (Å²) in [6.07, 6.45) is 0. The molecule has 0 aliphatic heterocycles. The monoisotopic (exact) mass is 479 g/mol. The maximum absolute atomic E-state index is 4.23. The van der Waals surface area contributed by atoms with Gasteiger partial charge in [0.05, 0.1) is 6.54 Å². The zero-order chi connectivity index (χ0) is 14.4. The van der Waals surface area contributed by atoms with E-state index in [0.29, 0.717) is 0 Å². The number of aliphatic imine (C=N–C) groups is 1. The van der Waals surface area contributed by atoms with Crippen molar-refractivity contribution in [2.75, 3.05) is 7.05 Å². The summed E-state index contributed by atoms with van der Waals surface area (Å²) in [5.41, 5.74) is 2.53. The van der Waals surface area contributed by atoms with Gasteiger partial charge in [0.15, 0.2) is 5.96 Å². The highest BCUT2D eigenvalue weighted by Crippen LogP contribution is 2.19. The first-order valence-corrected chi connectivity index (χ1v) is 8.07. The second-order valence-corrected chi connectivity index (χ2v) is 6.41. The number of hydrogen-bond acceptors (Lipinski definition) is 2. The number of hydrogen-bond donors (Lipinski definition) is 2. The molecule has 2 rings (SSSR count). The number of thiophene rings is 1. The molecule has 2 aromatic rings. The Kier molecular flexibility index (Phi) is 8.28. The average Bonchev–Trinajstić information content (AvgIpc) is 2.85. The van der Waals surface area contributed by atoms with Gasteiger partial charge in [0.1, 0.15) is 0 Å². The number of nitrogens with zero attached hydrogens (tertiary/aromatic N) is 1. The van der Waals surface area contributed by atoms with Gasteiger partial charge < -0.3 is 10.6 Å². The quantitative estimate of drug-likeness (QED) is 0.389. The summed E-state index contributed by atoms with van der Waals surface area (Å²) in [7, 11) is 1.79. The zero-order valence-electron chi connectivity index (χ0n) is 12.0. The fourth-order valence-electron chi connectivity index (χ4n) is 1.85. The van der Waals surface area contributed by atoms with Gasteiger partial charge in [-0.25, -0.2) is 0 Å². The van der Waals surface area contributed by atoms with Crippen LogP contribution < -0.4 is 10.6 Å². The number of aryl methyl sites for hydroxylation is 1. The molecule has 0 radical (unpaired) electrons. The lowest BCUT2D eigenvalue weighted by atomic mass is 10.1. The lowest BCUT2D eigenvalue weighted by Crippen LogP contribution is -2.36. The first kappa shape index (κ1) is 18.4. The Bertz CT molecular complexity index is 598. The molecule has 0 unspecified atom stereocenters. The third-order valence-corrected chi connectivity index (χ3v) is 4.52. The average molecular weight is 480 g/mol. The van der Waals surface area contributed by atoms with Crippen LogP contribution in [0.25, 0.3) is 0 Å². The molecule has 1 aromatic heterocycles. The first-order valence-electron chi connectivity index (χ1n) is 6.40. The van der Waals surface area contributed by atoms with Crippen molar-refractivity contribution in [3.63, 3.8) is 0 Å². The molecule has 0 atom stereocenters. The standard InChI is InChI=1S/C15H18BrN3S.HI/c1-11-4-3-5-12(6-11)8-18-15(17-2)19-9-14-7-13(16)10-20-14;/h3-7,10H,8-9H2,1-2H3,(H2,17,18,19);1H. The molecular formula is C15H19BrIN3S. The molecule has 0 aliphatic rings. The fraction of sp³-hybridized carbons (Fsp3) is 0.267. The van der Waals surface area contributed by atoms with Gasteiger partial charge in [-0.1, -0.05) is 29.8 Å². The van der Waals surface area contributed by atoms with Gasteiger partial charge in [0.25, 0.3) is 0 Å². The lowest BCUT2D eigenvalue weighted by Gasteiger charge is -2.11. The summed E-state index contributed by atoms with van der Waals surface area (Å²) in [5, 5.41) is 8.72. The van der Waals surface area contributed by atoms with E-state index in [-0.39, 0.29) is 24.0 Å². The maximum atomic E-state index is 4.23. The molecule has 0 saturated heterocycles. The van der Waals surface area contributed by atoms with Crippen LogP contribution in [0.3, 0.4) is 0 Å². The highest BCUT2D eigenvalue weighted by molar-refractivity contribution is 14.0. The van der Waals surface area contributed by atoms with Crippen LogP contribution >= 0.6 is 51.2 Å². The normalized spacial score (nSPS) is 10.9. The van der Waals surface area contributed by atoms with Gasteiger partial charge in [0.2, 0.25) is 0 Å². The van der Waals surface area contributed by atoms with Crippen LogP contribution in [0.5, 0.6) is 0 Å². The van der Waals surface area contributed by atoms with Gasteiger partial charge >= 0.3 is 0 Å². The largest absolute Gasteiger partial charge is 0.352 e. The highest BCUT2D eigenvalue weighted by Gasteiger charge is 2.01. The van der Waals surface area contributed by atoms with Crippen molar-refractivity contribution < 1.29 is 0 Å². The Labute approximate surface area is 155 Å².